The second-order valence-corrected chi connectivity index (χ2v) is 19.7. The molecule has 14 aromatic rings. The molecule has 0 aliphatic heterocycles. The summed E-state index contributed by atoms with van der Waals surface area (Å²) in [5, 5.41) is 15.4. The van der Waals surface area contributed by atoms with Gasteiger partial charge in [0.25, 0.3) is 0 Å². The Morgan fingerprint density at radius 2 is 0.727 bits per heavy atom. The van der Waals surface area contributed by atoms with E-state index in [1.54, 1.807) is 0 Å². The number of para-hydroxylation sites is 1. The van der Waals surface area contributed by atoms with Gasteiger partial charge in [0.2, 0.25) is 0 Å². The van der Waals surface area contributed by atoms with Crippen LogP contribution in [0.4, 0.5) is 0 Å². The molecule has 0 N–H and O–H groups in total. The van der Waals surface area contributed by atoms with E-state index >= 15 is 0 Å². The Hall–Kier alpha value is -8.00. The van der Waals surface area contributed by atoms with Crippen molar-refractivity contribution in [3.05, 3.63) is 237 Å². The van der Waals surface area contributed by atoms with Crippen molar-refractivity contribution in [3.63, 3.8) is 0 Å². The molecule has 2 aromatic heterocycles. The predicted octanol–water partition coefficient (Wildman–Crippen LogP) is 17.4. The average Bonchev–Trinajstić information content (AvgIpc) is 3.93. The smallest absolute Gasteiger partial charge is 0.0544 e. The molecule has 12 aromatic carbocycles. The maximum atomic E-state index is 2.53. The molecule has 0 aliphatic carbocycles. The third-order valence-electron chi connectivity index (χ3n) is 14.0. The average molecular weight is 901 g/mol. The van der Waals surface area contributed by atoms with E-state index in [0.717, 1.165) is 0 Å². The predicted molar refractivity (Wildman–Crippen MR) is 285 cm³/mol. The molecule has 2 heteroatoms. The van der Waals surface area contributed by atoms with Crippen LogP contribution in [0.3, 0.4) is 0 Å². The Balaban J connectivity index is 1.04. The van der Waals surface area contributed by atoms with Crippen LogP contribution in [-0.4, -0.2) is 19.1 Å². The summed E-state index contributed by atoms with van der Waals surface area (Å²) < 4.78 is 5.41. The number of nitrogens with zero attached hydrogens (tertiary/aromatic N) is 1. The molecule has 14 rings (SSSR count). The zero-order valence-corrected chi connectivity index (χ0v) is 37.6. The molecule has 0 spiro atoms. The molecule has 2 heterocycles. The van der Waals surface area contributed by atoms with Gasteiger partial charge in [-0.2, -0.15) is 0 Å². The fourth-order valence-corrected chi connectivity index (χ4v) is 13.5. The topological polar surface area (TPSA) is 4.93 Å². The zero-order chi connectivity index (χ0) is 43.3. The minimum absolute atomic E-state index is 0.174. The first-order chi connectivity index (χ1) is 32.8. The third kappa shape index (κ3) is 5.53. The van der Waals surface area contributed by atoms with E-state index in [1.165, 1.54) is 134 Å². The summed E-state index contributed by atoms with van der Waals surface area (Å²) in [7, 11) is 0. The van der Waals surface area contributed by atoms with Crippen molar-refractivity contribution in [2.45, 2.75) is 0 Å². The van der Waals surface area contributed by atoms with E-state index in [9.17, 15) is 0 Å². The van der Waals surface area contributed by atoms with Crippen molar-refractivity contribution in [1.82, 2.24) is 4.57 Å². The van der Waals surface area contributed by atoms with Crippen molar-refractivity contribution in [1.29, 1.82) is 0 Å². The molecule has 0 bridgehead atoms. The minimum Gasteiger partial charge on any atom is -0.0617 e. The molecule has 0 aliphatic rings. The molecule has 0 saturated heterocycles. The monoisotopic (exact) mass is 901 g/mol. The Bertz CT molecular complexity index is 4160. The second-order valence-electron chi connectivity index (χ2n) is 17.5. The number of rotatable bonds is 5. The first kappa shape index (κ1) is 37.4. The fraction of sp³-hybridized carbons (Fsp3) is 0. The first-order valence-corrected chi connectivity index (χ1v) is 24.5. The van der Waals surface area contributed by atoms with Crippen LogP contribution in [0.2, 0.25) is 0 Å². The van der Waals surface area contributed by atoms with Gasteiger partial charge in [0.05, 0.1) is 0 Å². The molecule has 0 saturated carbocycles. The second kappa shape index (κ2) is 14.8. The van der Waals surface area contributed by atoms with Crippen LogP contribution >= 0.6 is 0 Å². The van der Waals surface area contributed by atoms with Gasteiger partial charge in [-0.25, -0.2) is 0 Å². The number of aromatic nitrogens is 1. The Labute approximate surface area is 387 Å². The van der Waals surface area contributed by atoms with Gasteiger partial charge in [-0.1, -0.05) is 30.3 Å². The van der Waals surface area contributed by atoms with Crippen LogP contribution in [0.5, 0.6) is 0 Å². The quantitative estimate of drug-likeness (QED) is 0.120. The van der Waals surface area contributed by atoms with Gasteiger partial charge in [0, 0.05) is 0 Å². The van der Waals surface area contributed by atoms with E-state index in [0.29, 0.717) is 0 Å². The van der Waals surface area contributed by atoms with Crippen LogP contribution in [0.15, 0.2) is 237 Å². The summed E-state index contributed by atoms with van der Waals surface area (Å²) in [6.45, 7) is 0. The van der Waals surface area contributed by atoms with Crippen molar-refractivity contribution in [3.8, 4) is 50.2 Å². The van der Waals surface area contributed by atoms with Gasteiger partial charge in [-0.05, 0) is 5.56 Å². The van der Waals surface area contributed by atoms with E-state index in [-0.39, 0.29) is 14.5 Å². The number of benzene rings is 12. The number of hydrogen-bond donors (Lipinski definition) is 0. The van der Waals surface area contributed by atoms with Crippen LogP contribution < -0.4 is 0 Å². The Kier molecular flexibility index (Phi) is 8.37. The summed E-state index contributed by atoms with van der Waals surface area (Å²) in [6.07, 6.45) is 0. The molecule has 0 radical (unpaired) electrons. The standard InChI is InChI=1S/C64H39NSe/c1-3-18-40(19-4-1)42-34-36-57-54(38-42)44-22-15-16-32-56(44)65(57)64-51-29-13-11-27-49(51)62(50-28-12-14-30-52(50)64)53-31-17-33-59-63(53)55-39-43(35-37-58(55)66-59)61-47-25-9-7-23-45(47)60(41-20-5-2-6-21-41)46-24-8-10-26-48(46)61/h1-39H. The molecule has 0 amide bonds. The van der Waals surface area contributed by atoms with E-state index in [1.807, 2.05) is 0 Å². The molecule has 0 unspecified atom stereocenters. The van der Waals surface area contributed by atoms with Gasteiger partial charge >= 0.3 is 354 Å². The van der Waals surface area contributed by atoms with Gasteiger partial charge in [0.15, 0.2) is 0 Å². The summed E-state index contributed by atoms with van der Waals surface area (Å²) in [4.78, 5) is 0. The minimum atomic E-state index is 0.174. The fourth-order valence-electron chi connectivity index (χ4n) is 11.2. The third-order valence-corrected chi connectivity index (χ3v) is 16.3. The van der Waals surface area contributed by atoms with E-state index in [4.69, 9.17) is 0 Å². The van der Waals surface area contributed by atoms with Gasteiger partial charge in [0.1, 0.15) is 0 Å². The molecule has 0 fully saturated rings. The summed E-state index contributed by atoms with van der Waals surface area (Å²) >= 11 is 0.174. The summed E-state index contributed by atoms with van der Waals surface area (Å²) in [5.74, 6) is 0. The Morgan fingerprint density at radius 3 is 1.35 bits per heavy atom. The normalized spacial score (nSPS) is 11.9. The molecule has 306 valence electrons. The summed E-state index contributed by atoms with van der Waals surface area (Å²) in [6, 6.07) is 88.2. The number of fused-ring (bicyclic) bond motifs is 10. The maximum absolute atomic E-state index is 2.53. The maximum Gasteiger partial charge on any atom is -0.0544 e. The molecule has 0 atom stereocenters. The van der Waals surface area contributed by atoms with Crippen molar-refractivity contribution >= 4 is 98.7 Å². The largest absolute Gasteiger partial charge is 0.0617 e. The van der Waals surface area contributed by atoms with Crippen molar-refractivity contribution in [2.75, 3.05) is 0 Å². The Morgan fingerprint density at radius 1 is 0.258 bits per heavy atom. The van der Waals surface area contributed by atoms with Crippen molar-refractivity contribution < 1.29 is 0 Å². The molecular weight excluding hydrogens is 862 g/mol. The van der Waals surface area contributed by atoms with Crippen LogP contribution in [0.25, 0.3) is 134 Å². The molecular formula is C64H39NSe. The summed E-state index contributed by atoms with van der Waals surface area (Å²) in [5.41, 5.74) is 13.8. The molecule has 66 heavy (non-hydrogen) atoms. The van der Waals surface area contributed by atoms with Gasteiger partial charge in [-0.3, -0.25) is 0 Å². The number of hydrogen-bond acceptors (Lipinski definition) is 0. The van der Waals surface area contributed by atoms with Crippen LogP contribution in [0.1, 0.15) is 0 Å². The zero-order valence-electron chi connectivity index (χ0n) is 35.9. The first-order valence-electron chi connectivity index (χ1n) is 22.8. The van der Waals surface area contributed by atoms with Crippen LogP contribution in [0, 0.1) is 0 Å². The van der Waals surface area contributed by atoms with Crippen molar-refractivity contribution in [2.24, 2.45) is 0 Å². The van der Waals surface area contributed by atoms with E-state index < -0.39 is 0 Å². The van der Waals surface area contributed by atoms with Gasteiger partial charge < -0.3 is 0 Å². The van der Waals surface area contributed by atoms with Crippen LogP contribution in [-0.2, 0) is 0 Å². The van der Waals surface area contributed by atoms with Gasteiger partial charge in [-0.15, -0.1) is 0 Å². The molecule has 1 nitrogen and oxygen atoms in total. The van der Waals surface area contributed by atoms with E-state index in [2.05, 4.69) is 241 Å². The SMILES string of the molecule is c1ccc(-c2ccc3c(c2)c2ccccc2n3-c2c3ccccc3c(-c3cccc4[se]c5ccc(-c6c7ccccc7c(-c7ccccc7)c7ccccc67)cc5c34)c3ccccc23)cc1.